The highest BCUT2D eigenvalue weighted by atomic mass is 19.4. The summed E-state index contributed by atoms with van der Waals surface area (Å²) in [5.74, 6) is -0.448. The minimum atomic E-state index is -4.60. The van der Waals surface area contributed by atoms with E-state index in [0.717, 1.165) is 0 Å². The van der Waals surface area contributed by atoms with Crippen LogP contribution in [0.25, 0.3) is 11.1 Å². The molecule has 1 aliphatic rings. The third-order valence-corrected chi connectivity index (χ3v) is 4.21. The van der Waals surface area contributed by atoms with Crippen LogP contribution < -0.4 is 5.32 Å². The van der Waals surface area contributed by atoms with Crippen LogP contribution in [0.1, 0.15) is 28.2 Å². The Morgan fingerprint density at radius 3 is 2.77 bits per heavy atom. The summed E-state index contributed by atoms with van der Waals surface area (Å²) >= 11 is 0. The Morgan fingerprint density at radius 2 is 2.04 bits per heavy atom. The SMILES string of the molecule is Cc1[nH]nc(C(F)(F)F)c1-c1cccc(C(=O)N2CCNC(=O)CC2)c1. The number of carbonyl (C=O) groups excluding carboxylic acids is 2. The molecule has 0 unspecified atom stereocenters. The number of hydrogen-bond donors (Lipinski definition) is 2. The van der Waals surface area contributed by atoms with Gasteiger partial charge in [0.05, 0.1) is 0 Å². The molecule has 1 aromatic heterocycles. The minimum Gasteiger partial charge on any atom is -0.354 e. The van der Waals surface area contributed by atoms with E-state index >= 15 is 0 Å². The van der Waals surface area contributed by atoms with Crippen LogP contribution in [-0.4, -0.2) is 46.5 Å². The van der Waals surface area contributed by atoms with E-state index in [4.69, 9.17) is 0 Å². The number of aromatic nitrogens is 2. The predicted molar refractivity (Wildman–Crippen MR) is 87.3 cm³/mol. The average Bonchev–Trinajstić information content (AvgIpc) is 2.86. The van der Waals surface area contributed by atoms with Crippen LogP contribution in [0.2, 0.25) is 0 Å². The highest BCUT2D eigenvalue weighted by Gasteiger charge is 2.38. The van der Waals surface area contributed by atoms with Crippen LogP contribution >= 0.6 is 0 Å². The zero-order valence-corrected chi connectivity index (χ0v) is 14.0. The third-order valence-electron chi connectivity index (χ3n) is 4.21. The maximum absolute atomic E-state index is 13.2. The van der Waals surface area contributed by atoms with Gasteiger partial charge in [-0.25, -0.2) is 0 Å². The lowest BCUT2D eigenvalue weighted by Gasteiger charge is -2.20. The van der Waals surface area contributed by atoms with Crippen LogP contribution in [0.15, 0.2) is 24.3 Å². The fourth-order valence-corrected chi connectivity index (χ4v) is 2.95. The van der Waals surface area contributed by atoms with Crippen molar-refractivity contribution in [3.05, 3.63) is 41.2 Å². The first-order chi connectivity index (χ1) is 12.3. The van der Waals surface area contributed by atoms with Gasteiger partial charge in [0.25, 0.3) is 5.91 Å². The zero-order chi connectivity index (χ0) is 18.9. The molecule has 1 aromatic carbocycles. The van der Waals surface area contributed by atoms with Gasteiger partial charge in [-0.1, -0.05) is 12.1 Å². The van der Waals surface area contributed by atoms with Gasteiger partial charge in [-0.3, -0.25) is 14.7 Å². The van der Waals surface area contributed by atoms with Crippen LogP contribution in [0.4, 0.5) is 13.2 Å². The molecule has 0 saturated carbocycles. The van der Waals surface area contributed by atoms with Gasteiger partial charge in [0.2, 0.25) is 5.91 Å². The number of hydrogen-bond acceptors (Lipinski definition) is 3. The molecule has 9 heteroatoms. The van der Waals surface area contributed by atoms with Crippen LogP contribution in [0.3, 0.4) is 0 Å². The lowest BCUT2D eigenvalue weighted by molar-refractivity contribution is -0.140. The summed E-state index contributed by atoms with van der Waals surface area (Å²) in [7, 11) is 0. The quantitative estimate of drug-likeness (QED) is 0.857. The number of carbonyl (C=O) groups is 2. The van der Waals surface area contributed by atoms with Gasteiger partial charge in [-0.05, 0) is 24.6 Å². The summed E-state index contributed by atoms with van der Waals surface area (Å²) in [6.45, 7) is 2.47. The van der Waals surface area contributed by atoms with Crippen molar-refractivity contribution in [1.29, 1.82) is 0 Å². The first-order valence-electron chi connectivity index (χ1n) is 8.06. The lowest BCUT2D eigenvalue weighted by atomic mass is 10.0. The molecule has 0 bridgehead atoms. The molecule has 2 heterocycles. The predicted octanol–water partition coefficient (Wildman–Crippen LogP) is 2.37. The standard InChI is InChI=1S/C17H17F3N4O2/c1-10-14(15(23-22-10)17(18,19)20)11-3-2-4-12(9-11)16(26)24-7-5-13(25)21-6-8-24/h2-4,9H,5-8H2,1H3,(H,21,25)(H,22,23). The minimum absolute atomic E-state index is 0.0696. The van der Waals surface area contributed by atoms with Crippen molar-refractivity contribution < 1.29 is 22.8 Å². The summed E-state index contributed by atoms with van der Waals surface area (Å²) in [6, 6.07) is 6.03. The number of aryl methyl sites for hydroxylation is 1. The van der Waals surface area contributed by atoms with Crippen molar-refractivity contribution in [2.45, 2.75) is 19.5 Å². The number of amides is 2. The molecular formula is C17H17F3N4O2. The van der Waals surface area contributed by atoms with Crippen LogP contribution in [0, 0.1) is 6.92 Å². The van der Waals surface area contributed by atoms with Gasteiger partial charge in [-0.15, -0.1) is 0 Å². The largest absolute Gasteiger partial charge is 0.435 e. The van der Waals surface area contributed by atoms with E-state index in [1.165, 1.54) is 30.0 Å². The third kappa shape index (κ3) is 3.56. The smallest absolute Gasteiger partial charge is 0.354 e. The topological polar surface area (TPSA) is 78.1 Å². The molecule has 2 amide bonds. The molecule has 26 heavy (non-hydrogen) atoms. The van der Waals surface area contributed by atoms with Crippen molar-refractivity contribution >= 4 is 11.8 Å². The monoisotopic (exact) mass is 366 g/mol. The Balaban J connectivity index is 1.93. The van der Waals surface area contributed by atoms with E-state index in [9.17, 15) is 22.8 Å². The number of halogens is 3. The molecule has 3 rings (SSSR count). The molecule has 0 radical (unpaired) electrons. The molecule has 138 valence electrons. The normalized spacial score (nSPS) is 15.5. The zero-order valence-electron chi connectivity index (χ0n) is 14.0. The van der Waals surface area contributed by atoms with E-state index in [-0.39, 0.29) is 47.2 Å². The van der Waals surface area contributed by atoms with Crippen molar-refractivity contribution in [2.24, 2.45) is 0 Å². The molecule has 6 nitrogen and oxygen atoms in total. The molecule has 1 aliphatic heterocycles. The van der Waals surface area contributed by atoms with Crippen molar-refractivity contribution in [3.8, 4) is 11.1 Å². The fraction of sp³-hybridized carbons (Fsp3) is 0.353. The van der Waals surface area contributed by atoms with Crippen molar-refractivity contribution in [2.75, 3.05) is 19.6 Å². The maximum Gasteiger partial charge on any atom is 0.435 e. The number of nitrogens with zero attached hydrogens (tertiary/aromatic N) is 2. The fourth-order valence-electron chi connectivity index (χ4n) is 2.95. The van der Waals surface area contributed by atoms with Gasteiger partial charge in [0, 0.05) is 42.9 Å². The van der Waals surface area contributed by atoms with E-state index in [1.54, 1.807) is 6.07 Å². The molecule has 2 N–H and O–H groups in total. The molecule has 0 aliphatic carbocycles. The van der Waals surface area contributed by atoms with E-state index in [1.807, 2.05) is 0 Å². The first-order valence-corrected chi connectivity index (χ1v) is 8.06. The summed E-state index contributed by atoms with van der Waals surface area (Å²) < 4.78 is 39.5. The summed E-state index contributed by atoms with van der Waals surface area (Å²) in [4.78, 5) is 25.6. The second-order valence-electron chi connectivity index (χ2n) is 6.04. The maximum atomic E-state index is 13.2. The van der Waals surface area contributed by atoms with Gasteiger partial charge in [0.15, 0.2) is 5.69 Å². The molecule has 0 spiro atoms. The van der Waals surface area contributed by atoms with Gasteiger partial charge < -0.3 is 10.2 Å². The first kappa shape index (κ1) is 18.0. The Hall–Kier alpha value is -2.84. The van der Waals surface area contributed by atoms with E-state index in [2.05, 4.69) is 15.5 Å². The number of rotatable bonds is 2. The second kappa shape index (κ2) is 6.81. The number of nitrogens with one attached hydrogen (secondary N) is 2. The highest BCUT2D eigenvalue weighted by molar-refractivity contribution is 5.96. The number of aromatic amines is 1. The van der Waals surface area contributed by atoms with E-state index < -0.39 is 11.9 Å². The number of benzene rings is 1. The Labute approximate surface area is 147 Å². The molecule has 1 saturated heterocycles. The molecule has 0 atom stereocenters. The van der Waals surface area contributed by atoms with Gasteiger partial charge >= 0.3 is 6.18 Å². The Morgan fingerprint density at radius 1 is 1.27 bits per heavy atom. The van der Waals surface area contributed by atoms with Crippen LogP contribution in [0.5, 0.6) is 0 Å². The van der Waals surface area contributed by atoms with Gasteiger partial charge in [-0.2, -0.15) is 18.3 Å². The molecular weight excluding hydrogens is 349 g/mol. The van der Waals surface area contributed by atoms with Crippen molar-refractivity contribution in [1.82, 2.24) is 20.4 Å². The summed E-state index contributed by atoms with van der Waals surface area (Å²) in [5, 5.41) is 8.39. The summed E-state index contributed by atoms with van der Waals surface area (Å²) in [6.07, 6.45) is -4.40. The van der Waals surface area contributed by atoms with Crippen molar-refractivity contribution in [3.63, 3.8) is 0 Å². The molecule has 1 fully saturated rings. The van der Waals surface area contributed by atoms with Crippen LogP contribution in [-0.2, 0) is 11.0 Å². The Bertz CT molecular complexity index is 845. The molecule has 2 aromatic rings. The van der Waals surface area contributed by atoms with E-state index in [0.29, 0.717) is 13.1 Å². The Kier molecular flexibility index (Phi) is 4.71. The number of alkyl halides is 3. The lowest BCUT2D eigenvalue weighted by Crippen LogP contribution is -2.34. The van der Waals surface area contributed by atoms with Gasteiger partial charge in [0.1, 0.15) is 0 Å². The highest BCUT2D eigenvalue weighted by Crippen LogP contribution is 2.37. The second-order valence-corrected chi connectivity index (χ2v) is 6.04. The number of H-pyrrole nitrogens is 1. The summed E-state index contributed by atoms with van der Waals surface area (Å²) in [5.41, 5.74) is -0.278. The average molecular weight is 366 g/mol.